The topological polar surface area (TPSA) is 87.7 Å². The summed E-state index contributed by atoms with van der Waals surface area (Å²) in [6.07, 6.45) is -2.23. The first-order valence-corrected chi connectivity index (χ1v) is 11.4. The van der Waals surface area contributed by atoms with Gasteiger partial charge in [0.25, 0.3) is 5.91 Å². The lowest BCUT2D eigenvalue weighted by molar-refractivity contribution is -0.137. The van der Waals surface area contributed by atoms with Crippen molar-refractivity contribution < 1.29 is 22.8 Å². The summed E-state index contributed by atoms with van der Waals surface area (Å²) in [6, 6.07) is 11.0. The summed E-state index contributed by atoms with van der Waals surface area (Å²) >= 11 is 17.6. The van der Waals surface area contributed by atoms with E-state index in [1.165, 1.54) is 24.5 Å². The number of halogens is 6. The number of amides is 1. The summed E-state index contributed by atoms with van der Waals surface area (Å²) in [6.45, 7) is 0. The monoisotopic (exact) mass is 552 g/mol. The number of nitrogens with one attached hydrogen (secondary N) is 2. The summed E-state index contributed by atoms with van der Waals surface area (Å²) in [7, 11) is 0. The Morgan fingerprint density at radius 3 is 2.53 bits per heavy atom. The van der Waals surface area contributed by atoms with Crippen molar-refractivity contribution in [3.05, 3.63) is 98.8 Å². The lowest BCUT2D eigenvalue weighted by Crippen LogP contribution is -2.17. The number of aromatic nitrogens is 3. The van der Waals surface area contributed by atoms with Crippen LogP contribution in [0.3, 0.4) is 0 Å². The summed E-state index contributed by atoms with van der Waals surface area (Å²) in [5, 5.41) is 8.64. The highest BCUT2D eigenvalue weighted by Gasteiger charge is 2.34. The average Bonchev–Trinajstić information content (AvgIpc) is 3.34. The SMILES string of the molecule is O=C(Nc1ncc(Cl)cc1C(=O)c1c[nH]nc1-c1ccc(Cl)c(C(F)(F)F)c1)c1cccc(CCl)c1. The van der Waals surface area contributed by atoms with E-state index >= 15 is 0 Å². The third kappa shape index (κ3) is 5.38. The second-order valence-corrected chi connectivity index (χ2v) is 8.62. The largest absolute Gasteiger partial charge is 0.417 e. The van der Waals surface area contributed by atoms with Crippen LogP contribution in [0.5, 0.6) is 0 Å². The predicted molar refractivity (Wildman–Crippen MR) is 131 cm³/mol. The molecule has 2 aromatic carbocycles. The van der Waals surface area contributed by atoms with Crippen molar-refractivity contribution in [2.75, 3.05) is 5.32 Å². The zero-order valence-electron chi connectivity index (χ0n) is 18.0. The normalized spacial score (nSPS) is 11.4. The molecule has 12 heteroatoms. The standard InChI is InChI=1S/C24H14Cl3F3N4O2/c25-9-12-2-1-3-14(6-12)23(36)33-22-16(8-15(26)10-31-22)21(35)17-11-32-34-20(17)13-4-5-19(27)18(7-13)24(28,29)30/h1-8,10-11H,9H2,(H,32,34)(H,31,33,36). The number of rotatable bonds is 6. The minimum absolute atomic E-state index is 0.00906. The Hall–Kier alpha value is -3.40. The predicted octanol–water partition coefficient (Wildman–Crippen LogP) is 7.02. The molecule has 2 aromatic heterocycles. The van der Waals surface area contributed by atoms with Gasteiger partial charge in [-0.15, -0.1) is 11.6 Å². The van der Waals surface area contributed by atoms with Gasteiger partial charge in [0.05, 0.1) is 26.7 Å². The van der Waals surface area contributed by atoms with Crippen molar-refractivity contribution in [3.63, 3.8) is 0 Å². The van der Waals surface area contributed by atoms with E-state index in [0.29, 0.717) is 5.56 Å². The van der Waals surface area contributed by atoms with Crippen LogP contribution in [0.25, 0.3) is 11.3 Å². The number of aromatic amines is 1. The third-order valence-corrected chi connectivity index (χ3v) is 5.95. The molecule has 0 spiro atoms. The van der Waals surface area contributed by atoms with E-state index in [0.717, 1.165) is 12.1 Å². The van der Waals surface area contributed by atoms with Gasteiger partial charge in [0, 0.05) is 29.4 Å². The first-order valence-electron chi connectivity index (χ1n) is 10.2. The Morgan fingerprint density at radius 2 is 1.81 bits per heavy atom. The molecule has 0 saturated carbocycles. The van der Waals surface area contributed by atoms with Crippen LogP contribution in [0.1, 0.15) is 37.4 Å². The number of hydrogen-bond acceptors (Lipinski definition) is 4. The maximum Gasteiger partial charge on any atom is 0.417 e. The molecule has 1 amide bonds. The minimum atomic E-state index is -4.71. The highest BCUT2D eigenvalue weighted by atomic mass is 35.5. The Bertz CT molecular complexity index is 1470. The number of benzene rings is 2. The molecule has 0 atom stereocenters. The number of nitrogens with zero attached hydrogens (tertiary/aromatic N) is 2. The van der Waals surface area contributed by atoms with Gasteiger partial charge in [-0.25, -0.2) is 4.98 Å². The number of carbonyl (C=O) groups excluding carboxylic acids is 2. The second-order valence-electron chi connectivity index (χ2n) is 7.51. The molecule has 0 unspecified atom stereocenters. The molecule has 6 nitrogen and oxygen atoms in total. The Labute approximate surface area is 217 Å². The van der Waals surface area contributed by atoms with Gasteiger partial charge in [0.15, 0.2) is 0 Å². The molecule has 0 radical (unpaired) electrons. The maximum atomic E-state index is 13.5. The van der Waals surface area contributed by atoms with Crippen molar-refractivity contribution in [3.8, 4) is 11.3 Å². The summed E-state index contributed by atoms with van der Waals surface area (Å²) in [4.78, 5) is 30.3. The zero-order chi connectivity index (χ0) is 26.0. The van der Waals surface area contributed by atoms with Gasteiger partial charge < -0.3 is 5.32 Å². The van der Waals surface area contributed by atoms with E-state index in [1.807, 2.05) is 0 Å². The van der Waals surface area contributed by atoms with Gasteiger partial charge in [0.2, 0.25) is 5.78 Å². The highest BCUT2D eigenvalue weighted by molar-refractivity contribution is 6.32. The Morgan fingerprint density at radius 1 is 1.03 bits per heavy atom. The molecule has 2 N–H and O–H groups in total. The van der Waals surface area contributed by atoms with E-state index in [4.69, 9.17) is 34.8 Å². The third-order valence-electron chi connectivity index (χ3n) is 5.10. The highest BCUT2D eigenvalue weighted by Crippen LogP contribution is 2.38. The molecule has 0 aliphatic carbocycles. The van der Waals surface area contributed by atoms with Crippen molar-refractivity contribution in [1.82, 2.24) is 15.2 Å². The number of hydrogen-bond donors (Lipinski definition) is 2. The smallest absolute Gasteiger partial charge is 0.306 e. The second kappa shape index (κ2) is 10.3. The maximum absolute atomic E-state index is 13.5. The van der Waals surface area contributed by atoms with E-state index in [1.54, 1.807) is 24.3 Å². The Kier molecular flexibility index (Phi) is 7.35. The van der Waals surface area contributed by atoms with Crippen molar-refractivity contribution in [2.24, 2.45) is 0 Å². The number of anilines is 1. The minimum Gasteiger partial charge on any atom is -0.306 e. The summed E-state index contributed by atoms with van der Waals surface area (Å²) < 4.78 is 40.1. The first-order chi connectivity index (χ1) is 17.1. The lowest BCUT2D eigenvalue weighted by Gasteiger charge is -2.12. The molecule has 2 heterocycles. The van der Waals surface area contributed by atoms with Gasteiger partial charge in [-0.1, -0.05) is 41.4 Å². The number of pyridine rings is 1. The van der Waals surface area contributed by atoms with E-state index in [9.17, 15) is 22.8 Å². The van der Waals surface area contributed by atoms with Crippen LogP contribution in [0.15, 0.2) is 60.9 Å². The molecule has 0 saturated heterocycles. The molecule has 0 bridgehead atoms. The number of carbonyl (C=O) groups is 2. The van der Waals surface area contributed by atoms with Gasteiger partial charge in [-0.2, -0.15) is 18.3 Å². The van der Waals surface area contributed by atoms with E-state index in [2.05, 4.69) is 20.5 Å². The van der Waals surface area contributed by atoms with Crippen molar-refractivity contribution >= 4 is 52.3 Å². The fourth-order valence-electron chi connectivity index (χ4n) is 3.41. The Balaban J connectivity index is 1.71. The molecule has 36 heavy (non-hydrogen) atoms. The molecule has 4 aromatic rings. The number of H-pyrrole nitrogens is 1. The van der Waals surface area contributed by atoms with Crippen LogP contribution < -0.4 is 5.32 Å². The van der Waals surface area contributed by atoms with Gasteiger partial charge in [-0.3, -0.25) is 14.7 Å². The number of ketones is 1. The zero-order valence-corrected chi connectivity index (χ0v) is 20.2. The molecular weight excluding hydrogens is 540 g/mol. The van der Waals surface area contributed by atoms with E-state index < -0.39 is 28.5 Å². The van der Waals surface area contributed by atoms with Crippen LogP contribution in [0, 0.1) is 0 Å². The number of alkyl halides is 4. The summed E-state index contributed by atoms with van der Waals surface area (Å²) in [5.41, 5.74) is -0.253. The molecule has 0 aliphatic heterocycles. The van der Waals surface area contributed by atoms with Crippen molar-refractivity contribution in [2.45, 2.75) is 12.1 Å². The molecule has 0 aliphatic rings. The summed E-state index contributed by atoms with van der Waals surface area (Å²) in [5.74, 6) is -1.12. The van der Waals surface area contributed by atoms with Gasteiger partial charge >= 0.3 is 6.18 Å². The van der Waals surface area contributed by atoms with Gasteiger partial charge in [0.1, 0.15) is 11.5 Å². The first kappa shape index (κ1) is 25.7. The lowest BCUT2D eigenvalue weighted by atomic mass is 9.99. The van der Waals surface area contributed by atoms with Crippen LogP contribution in [0.2, 0.25) is 10.0 Å². The fourth-order valence-corrected chi connectivity index (χ4v) is 3.95. The van der Waals surface area contributed by atoms with Gasteiger partial charge in [-0.05, 0) is 35.9 Å². The fraction of sp³-hybridized carbons (Fsp3) is 0.0833. The van der Waals surface area contributed by atoms with E-state index in [-0.39, 0.29) is 44.7 Å². The molecular formula is C24H14Cl3F3N4O2. The van der Waals surface area contributed by atoms with Crippen LogP contribution in [0.4, 0.5) is 19.0 Å². The van der Waals surface area contributed by atoms with Crippen LogP contribution in [-0.4, -0.2) is 26.9 Å². The quantitative estimate of drug-likeness (QED) is 0.198. The molecule has 4 rings (SSSR count). The molecule has 0 fully saturated rings. The van der Waals surface area contributed by atoms with Crippen LogP contribution >= 0.6 is 34.8 Å². The molecule has 184 valence electrons. The van der Waals surface area contributed by atoms with Crippen LogP contribution in [-0.2, 0) is 12.1 Å². The average molecular weight is 554 g/mol. The van der Waals surface area contributed by atoms with Crippen molar-refractivity contribution in [1.29, 1.82) is 0 Å².